The molecule has 6 heteroatoms. The third kappa shape index (κ3) is 3.75. The van der Waals surface area contributed by atoms with Crippen LogP contribution in [0.4, 0.5) is 5.82 Å². The monoisotopic (exact) mass is 434 g/mol. The second-order valence-corrected chi connectivity index (χ2v) is 10.1. The van der Waals surface area contributed by atoms with E-state index < -0.39 is 0 Å². The standard InChI is InChI=1S/C25H30N4OS/c1-2-6-18(7-3-1)22-16-31-25-23(22)24(26-17-27-25)29-19-8-9-20(29)15-21(14-19)30-13-12-28-10-4-5-11-28/h1-3,6-7,16-17,19-21H,4-5,8-15H2. The molecule has 6 rings (SSSR count). The number of hydrogen-bond acceptors (Lipinski definition) is 6. The summed E-state index contributed by atoms with van der Waals surface area (Å²) < 4.78 is 6.38. The van der Waals surface area contributed by atoms with Crippen molar-refractivity contribution in [2.75, 3.05) is 31.1 Å². The van der Waals surface area contributed by atoms with Gasteiger partial charge in [-0.2, -0.15) is 0 Å². The van der Waals surface area contributed by atoms with Crippen LogP contribution in [0.2, 0.25) is 0 Å². The van der Waals surface area contributed by atoms with Gasteiger partial charge in [-0.25, -0.2) is 9.97 Å². The van der Waals surface area contributed by atoms with Crippen LogP contribution in [0.3, 0.4) is 0 Å². The molecule has 162 valence electrons. The van der Waals surface area contributed by atoms with Crippen molar-refractivity contribution in [3.63, 3.8) is 0 Å². The first-order chi connectivity index (χ1) is 15.4. The van der Waals surface area contributed by atoms with Crippen molar-refractivity contribution < 1.29 is 4.74 Å². The molecule has 2 unspecified atom stereocenters. The topological polar surface area (TPSA) is 41.5 Å². The zero-order valence-corrected chi connectivity index (χ0v) is 18.8. The minimum absolute atomic E-state index is 0.393. The highest BCUT2D eigenvalue weighted by Gasteiger charge is 2.42. The van der Waals surface area contributed by atoms with Crippen LogP contribution in [0.5, 0.6) is 0 Å². The molecule has 1 aromatic carbocycles. The van der Waals surface area contributed by atoms with Crippen LogP contribution in [0.25, 0.3) is 21.3 Å². The summed E-state index contributed by atoms with van der Waals surface area (Å²) in [5.74, 6) is 1.13. The Morgan fingerprint density at radius 1 is 1.00 bits per heavy atom. The molecule has 2 aromatic heterocycles. The predicted octanol–water partition coefficient (Wildman–Crippen LogP) is 4.97. The lowest BCUT2D eigenvalue weighted by Gasteiger charge is -2.40. The van der Waals surface area contributed by atoms with Gasteiger partial charge in [0.1, 0.15) is 17.0 Å². The molecule has 5 heterocycles. The van der Waals surface area contributed by atoms with Gasteiger partial charge in [-0.3, -0.25) is 0 Å². The van der Waals surface area contributed by atoms with Crippen molar-refractivity contribution in [1.82, 2.24) is 14.9 Å². The van der Waals surface area contributed by atoms with Gasteiger partial charge in [0.15, 0.2) is 0 Å². The summed E-state index contributed by atoms with van der Waals surface area (Å²) in [7, 11) is 0. The lowest BCUT2D eigenvalue weighted by atomic mass is 9.98. The van der Waals surface area contributed by atoms with Crippen LogP contribution in [-0.2, 0) is 4.74 Å². The fraction of sp³-hybridized carbons (Fsp3) is 0.520. The van der Waals surface area contributed by atoms with E-state index >= 15 is 0 Å². The molecule has 3 aliphatic heterocycles. The first kappa shape index (κ1) is 19.6. The average molecular weight is 435 g/mol. The van der Waals surface area contributed by atoms with Gasteiger partial charge in [0, 0.05) is 29.6 Å². The summed E-state index contributed by atoms with van der Waals surface area (Å²) in [5.41, 5.74) is 2.51. The molecule has 5 nitrogen and oxygen atoms in total. The van der Waals surface area contributed by atoms with Crippen LogP contribution < -0.4 is 4.90 Å². The maximum Gasteiger partial charge on any atom is 0.141 e. The molecule has 3 fully saturated rings. The number of nitrogens with zero attached hydrogens (tertiary/aromatic N) is 4. The Hall–Kier alpha value is -2.02. The molecule has 0 aliphatic carbocycles. The molecule has 3 aliphatic rings. The van der Waals surface area contributed by atoms with Crippen molar-refractivity contribution in [2.24, 2.45) is 0 Å². The Kier molecular flexibility index (Phi) is 5.38. The number of anilines is 1. The zero-order chi connectivity index (χ0) is 20.6. The first-order valence-electron chi connectivity index (χ1n) is 11.8. The molecule has 3 saturated heterocycles. The van der Waals surface area contributed by atoms with Gasteiger partial charge in [-0.1, -0.05) is 30.3 Å². The molecule has 0 saturated carbocycles. The Labute approximate surface area is 188 Å². The fourth-order valence-electron chi connectivity index (χ4n) is 5.85. The van der Waals surface area contributed by atoms with Gasteiger partial charge in [-0.05, 0) is 57.2 Å². The van der Waals surface area contributed by atoms with Crippen molar-refractivity contribution in [3.05, 3.63) is 42.0 Å². The van der Waals surface area contributed by atoms with E-state index in [-0.39, 0.29) is 0 Å². The van der Waals surface area contributed by atoms with E-state index in [1.54, 1.807) is 17.7 Å². The summed E-state index contributed by atoms with van der Waals surface area (Å²) in [5, 5.41) is 3.47. The summed E-state index contributed by atoms with van der Waals surface area (Å²) in [6.45, 7) is 4.48. The summed E-state index contributed by atoms with van der Waals surface area (Å²) in [6, 6.07) is 11.7. The predicted molar refractivity (Wildman–Crippen MR) is 127 cm³/mol. The Morgan fingerprint density at radius 3 is 2.55 bits per heavy atom. The number of thiophene rings is 1. The number of benzene rings is 1. The van der Waals surface area contributed by atoms with Crippen molar-refractivity contribution >= 4 is 27.4 Å². The van der Waals surface area contributed by atoms with Crippen LogP contribution in [0.15, 0.2) is 42.0 Å². The number of rotatable bonds is 6. The maximum atomic E-state index is 6.38. The molecule has 31 heavy (non-hydrogen) atoms. The Balaban J connectivity index is 1.23. The van der Waals surface area contributed by atoms with Crippen molar-refractivity contribution in [2.45, 2.75) is 56.7 Å². The van der Waals surface area contributed by atoms with Crippen LogP contribution in [-0.4, -0.2) is 59.3 Å². The van der Waals surface area contributed by atoms with E-state index in [2.05, 4.69) is 50.5 Å². The molecule has 3 aromatic rings. The number of aromatic nitrogens is 2. The van der Waals surface area contributed by atoms with Gasteiger partial charge in [0.2, 0.25) is 0 Å². The number of hydrogen-bond donors (Lipinski definition) is 0. The molecular formula is C25H30N4OS. The Morgan fingerprint density at radius 2 is 1.77 bits per heavy atom. The molecule has 0 amide bonds. The van der Waals surface area contributed by atoms with Crippen molar-refractivity contribution in [1.29, 1.82) is 0 Å². The molecule has 2 atom stereocenters. The molecule has 0 N–H and O–H groups in total. The highest BCUT2D eigenvalue weighted by Crippen LogP contribution is 2.45. The number of ether oxygens (including phenoxy) is 1. The molecule has 2 bridgehead atoms. The summed E-state index contributed by atoms with van der Waals surface area (Å²) in [6.07, 6.45) is 9.57. The highest BCUT2D eigenvalue weighted by molar-refractivity contribution is 7.17. The fourth-order valence-corrected chi connectivity index (χ4v) is 6.76. The third-order valence-corrected chi connectivity index (χ3v) is 8.22. The van der Waals surface area contributed by atoms with Gasteiger partial charge in [0.05, 0.1) is 18.1 Å². The SMILES string of the molecule is c1ccc(-c2csc3ncnc(N4C5CCC4CC(OCCN4CCCC4)C5)c23)cc1. The van der Waals surface area contributed by atoms with E-state index in [1.165, 1.54) is 55.3 Å². The third-order valence-electron chi connectivity index (χ3n) is 7.33. The van der Waals surface area contributed by atoms with Gasteiger partial charge < -0.3 is 14.5 Å². The molecule has 0 radical (unpaired) electrons. The van der Waals surface area contributed by atoms with Gasteiger partial charge in [-0.15, -0.1) is 11.3 Å². The van der Waals surface area contributed by atoms with Gasteiger partial charge >= 0.3 is 0 Å². The van der Waals surface area contributed by atoms with E-state index in [1.807, 2.05) is 0 Å². The second kappa shape index (κ2) is 8.49. The summed E-state index contributed by atoms with van der Waals surface area (Å²) in [4.78, 5) is 15.7. The van der Waals surface area contributed by atoms with Crippen LogP contribution in [0, 0.1) is 0 Å². The van der Waals surface area contributed by atoms with Crippen LogP contribution >= 0.6 is 11.3 Å². The first-order valence-corrected chi connectivity index (χ1v) is 12.6. The zero-order valence-electron chi connectivity index (χ0n) is 17.9. The lowest BCUT2D eigenvalue weighted by molar-refractivity contribution is 0.0171. The van der Waals surface area contributed by atoms with Crippen LogP contribution in [0.1, 0.15) is 38.5 Å². The lowest BCUT2D eigenvalue weighted by Crippen LogP contribution is -2.46. The van der Waals surface area contributed by atoms with E-state index in [0.717, 1.165) is 36.6 Å². The smallest absolute Gasteiger partial charge is 0.141 e. The Bertz CT molecular complexity index is 1020. The maximum absolute atomic E-state index is 6.38. The average Bonchev–Trinajstić information content (AvgIpc) is 3.53. The van der Waals surface area contributed by atoms with Gasteiger partial charge in [0.25, 0.3) is 0 Å². The highest BCUT2D eigenvalue weighted by atomic mass is 32.1. The number of fused-ring (bicyclic) bond motifs is 3. The van der Waals surface area contributed by atoms with E-state index in [0.29, 0.717) is 18.2 Å². The van der Waals surface area contributed by atoms with E-state index in [9.17, 15) is 0 Å². The normalized spacial score (nSPS) is 26.2. The van der Waals surface area contributed by atoms with Crippen molar-refractivity contribution in [3.8, 4) is 11.1 Å². The number of likely N-dealkylation sites (tertiary alicyclic amines) is 1. The quantitative estimate of drug-likeness (QED) is 0.548. The molecular weight excluding hydrogens is 404 g/mol. The summed E-state index contributed by atoms with van der Waals surface area (Å²) >= 11 is 1.73. The molecule has 0 spiro atoms. The largest absolute Gasteiger partial charge is 0.377 e. The number of piperidine rings is 1. The minimum atomic E-state index is 0.393. The second-order valence-electron chi connectivity index (χ2n) is 9.20. The minimum Gasteiger partial charge on any atom is -0.377 e. The van der Waals surface area contributed by atoms with E-state index in [4.69, 9.17) is 9.72 Å².